The zero-order valence-corrected chi connectivity index (χ0v) is 16.3. The maximum Gasteiger partial charge on any atom is 0.349 e. The molecule has 6 nitrogen and oxygen atoms in total. The molecule has 0 fully saturated rings. The predicted octanol–water partition coefficient (Wildman–Crippen LogP) is 3.92. The number of rotatable bonds is 5. The average Bonchev–Trinajstić information content (AvgIpc) is 2.70. The maximum atomic E-state index is 12.4. The Bertz CT molecular complexity index is 946. The van der Waals surface area contributed by atoms with Crippen LogP contribution < -0.4 is 9.64 Å². The highest BCUT2D eigenvalue weighted by Gasteiger charge is 2.18. The molecule has 0 amide bonds. The molecule has 0 radical (unpaired) electrons. The number of carbonyl (C=O) groups is 1. The van der Waals surface area contributed by atoms with Gasteiger partial charge in [-0.15, -0.1) is 0 Å². The van der Waals surface area contributed by atoms with E-state index in [9.17, 15) is 10.1 Å². The third-order valence-electron chi connectivity index (χ3n) is 4.17. The molecule has 144 valence electrons. The van der Waals surface area contributed by atoms with Crippen molar-refractivity contribution in [2.75, 3.05) is 25.8 Å². The smallest absolute Gasteiger partial charge is 0.349 e. The van der Waals surface area contributed by atoms with Crippen LogP contribution in [0, 0.1) is 11.3 Å². The summed E-state index contributed by atoms with van der Waals surface area (Å²) in [6.07, 6.45) is 1.50. The molecule has 0 N–H and O–H groups in total. The van der Waals surface area contributed by atoms with Crippen molar-refractivity contribution in [3.63, 3.8) is 0 Å². The molecule has 0 spiro atoms. The van der Waals surface area contributed by atoms with E-state index in [0.717, 1.165) is 16.8 Å². The molecular formula is C21H19ClN2O4. The first-order valence-electron chi connectivity index (χ1n) is 8.56. The highest BCUT2D eigenvalue weighted by atomic mass is 35.5. The second kappa shape index (κ2) is 8.79. The van der Waals surface area contributed by atoms with Crippen LogP contribution in [-0.4, -0.2) is 26.9 Å². The van der Waals surface area contributed by atoms with Crippen molar-refractivity contribution in [1.29, 1.82) is 5.26 Å². The van der Waals surface area contributed by atoms with E-state index in [4.69, 9.17) is 25.8 Å². The minimum absolute atomic E-state index is 0.0552. The molecule has 7 heteroatoms. The molecule has 2 aromatic rings. The van der Waals surface area contributed by atoms with Gasteiger partial charge in [0.25, 0.3) is 0 Å². The number of nitriles is 1. The minimum atomic E-state index is -0.708. The first-order chi connectivity index (χ1) is 13.5. The molecule has 0 saturated heterocycles. The Hall–Kier alpha value is -3.01. The van der Waals surface area contributed by atoms with Gasteiger partial charge in [-0.05, 0) is 35.9 Å². The van der Waals surface area contributed by atoms with E-state index >= 15 is 0 Å². The van der Waals surface area contributed by atoms with Gasteiger partial charge < -0.3 is 19.1 Å². The van der Waals surface area contributed by atoms with Crippen LogP contribution in [0.4, 0.5) is 5.69 Å². The fraction of sp³-hybridized carbons (Fsp3) is 0.238. The van der Waals surface area contributed by atoms with E-state index in [-0.39, 0.29) is 19.0 Å². The van der Waals surface area contributed by atoms with Crippen LogP contribution in [0.2, 0.25) is 5.02 Å². The van der Waals surface area contributed by atoms with Crippen LogP contribution >= 0.6 is 11.6 Å². The van der Waals surface area contributed by atoms with Crippen LogP contribution in [0.15, 0.2) is 42.0 Å². The van der Waals surface area contributed by atoms with Crippen LogP contribution in [-0.2, 0) is 27.5 Å². The molecule has 0 aliphatic carbocycles. The number of anilines is 1. The molecule has 0 atom stereocenters. The standard InChI is InChI=1S/C21H19ClN2O4/c1-24(2)19-5-3-14(4-6-19)7-15(10-23)21(25)27-12-17-9-18(22)8-16-11-26-13-28-20(16)17/h3-9H,11-13H2,1-2H3/b15-7+. The van der Waals surface area contributed by atoms with Crippen molar-refractivity contribution < 1.29 is 19.0 Å². The lowest BCUT2D eigenvalue weighted by Gasteiger charge is -2.21. The topological polar surface area (TPSA) is 71.8 Å². The number of carbonyl (C=O) groups excluding carboxylic acids is 1. The summed E-state index contributed by atoms with van der Waals surface area (Å²) in [5, 5.41) is 9.84. The first kappa shape index (κ1) is 19.7. The fourth-order valence-electron chi connectivity index (χ4n) is 2.76. The molecular weight excluding hydrogens is 380 g/mol. The van der Waals surface area contributed by atoms with Gasteiger partial charge in [-0.3, -0.25) is 0 Å². The SMILES string of the molecule is CN(C)c1ccc(/C=C(\C#N)C(=O)OCc2cc(Cl)cc3c2OCOC3)cc1. The second-order valence-electron chi connectivity index (χ2n) is 6.40. The molecule has 3 rings (SSSR count). The van der Waals surface area contributed by atoms with Crippen molar-refractivity contribution >= 4 is 29.3 Å². The van der Waals surface area contributed by atoms with E-state index in [1.54, 1.807) is 12.1 Å². The summed E-state index contributed by atoms with van der Waals surface area (Å²) in [5.74, 6) is -0.106. The largest absolute Gasteiger partial charge is 0.467 e. The Morgan fingerprint density at radius 1 is 1.32 bits per heavy atom. The number of hydrogen-bond donors (Lipinski definition) is 0. The average molecular weight is 399 g/mol. The highest BCUT2D eigenvalue weighted by molar-refractivity contribution is 6.30. The summed E-state index contributed by atoms with van der Waals surface area (Å²) in [7, 11) is 3.88. The Balaban J connectivity index is 1.73. The van der Waals surface area contributed by atoms with Crippen molar-refractivity contribution in [3.05, 3.63) is 63.7 Å². The van der Waals surface area contributed by atoms with Crippen LogP contribution in [0.3, 0.4) is 0 Å². The number of hydrogen-bond acceptors (Lipinski definition) is 6. The molecule has 0 saturated carbocycles. The number of ether oxygens (including phenoxy) is 3. The molecule has 2 aromatic carbocycles. The summed E-state index contributed by atoms with van der Waals surface area (Å²) in [6, 6.07) is 12.8. The monoisotopic (exact) mass is 398 g/mol. The van der Waals surface area contributed by atoms with Crippen LogP contribution in [0.5, 0.6) is 5.75 Å². The molecule has 1 aliphatic rings. The summed E-state index contributed by atoms with van der Waals surface area (Å²) >= 11 is 6.11. The van der Waals surface area contributed by atoms with E-state index in [2.05, 4.69) is 0 Å². The van der Waals surface area contributed by atoms with Gasteiger partial charge in [-0.25, -0.2) is 4.79 Å². The summed E-state index contributed by atoms with van der Waals surface area (Å²) < 4.78 is 16.1. The number of halogens is 1. The van der Waals surface area contributed by atoms with Crippen LogP contribution in [0.25, 0.3) is 6.08 Å². The van der Waals surface area contributed by atoms with Crippen molar-refractivity contribution in [2.45, 2.75) is 13.2 Å². The zero-order valence-electron chi connectivity index (χ0n) is 15.6. The van der Waals surface area contributed by atoms with E-state index < -0.39 is 5.97 Å². The van der Waals surface area contributed by atoms with Gasteiger partial charge in [-0.2, -0.15) is 5.26 Å². The number of nitrogens with zero attached hydrogens (tertiary/aromatic N) is 2. The lowest BCUT2D eigenvalue weighted by molar-refractivity contribution is -0.139. The Morgan fingerprint density at radius 3 is 2.75 bits per heavy atom. The van der Waals surface area contributed by atoms with Crippen molar-refractivity contribution in [1.82, 2.24) is 0 Å². The number of fused-ring (bicyclic) bond motifs is 1. The lowest BCUT2D eigenvalue weighted by atomic mass is 10.1. The van der Waals surface area contributed by atoms with E-state index in [1.165, 1.54) is 6.08 Å². The molecule has 0 aromatic heterocycles. The summed E-state index contributed by atoms with van der Waals surface area (Å²) in [4.78, 5) is 14.3. The highest BCUT2D eigenvalue weighted by Crippen LogP contribution is 2.32. The Kier molecular flexibility index (Phi) is 6.19. The predicted molar refractivity (Wildman–Crippen MR) is 106 cm³/mol. The van der Waals surface area contributed by atoms with Gasteiger partial charge in [0.05, 0.1) is 6.61 Å². The zero-order chi connectivity index (χ0) is 20.1. The summed E-state index contributed by atoms with van der Waals surface area (Å²) in [5.41, 5.74) is 3.10. The number of benzene rings is 2. The lowest BCUT2D eigenvalue weighted by Crippen LogP contribution is -2.14. The minimum Gasteiger partial charge on any atom is -0.467 e. The molecule has 0 bridgehead atoms. The second-order valence-corrected chi connectivity index (χ2v) is 6.83. The maximum absolute atomic E-state index is 12.4. The Labute approximate surface area is 168 Å². The van der Waals surface area contributed by atoms with Gasteiger partial charge in [0.2, 0.25) is 0 Å². The van der Waals surface area contributed by atoms with E-state index in [0.29, 0.717) is 22.9 Å². The van der Waals surface area contributed by atoms with Crippen molar-refractivity contribution in [3.8, 4) is 11.8 Å². The molecule has 0 unspecified atom stereocenters. The van der Waals surface area contributed by atoms with Gasteiger partial charge in [0.15, 0.2) is 6.79 Å². The Morgan fingerprint density at radius 2 is 2.07 bits per heavy atom. The third kappa shape index (κ3) is 4.63. The quantitative estimate of drug-likeness (QED) is 0.432. The van der Waals surface area contributed by atoms with E-state index in [1.807, 2.05) is 49.3 Å². The van der Waals surface area contributed by atoms with Gasteiger partial charge in [0, 0.05) is 35.9 Å². The first-order valence-corrected chi connectivity index (χ1v) is 8.94. The molecule has 1 aliphatic heterocycles. The van der Waals surface area contributed by atoms with Crippen LogP contribution in [0.1, 0.15) is 16.7 Å². The van der Waals surface area contributed by atoms with Gasteiger partial charge in [0.1, 0.15) is 24.0 Å². The number of esters is 1. The normalized spacial score (nSPS) is 13.1. The van der Waals surface area contributed by atoms with Gasteiger partial charge in [-0.1, -0.05) is 23.7 Å². The molecule has 1 heterocycles. The summed E-state index contributed by atoms with van der Waals surface area (Å²) in [6.45, 7) is 0.450. The fourth-order valence-corrected chi connectivity index (χ4v) is 3.02. The van der Waals surface area contributed by atoms with Gasteiger partial charge >= 0.3 is 5.97 Å². The third-order valence-corrected chi connectivity index (χ3v) is 4.39. The molecule has 28 heavy (non-hydrogen) atoms. The van der Waals surface area contributed by atoms with Crippen molar-refractivity contribution in [2.24, 2.45) is 0 Å².